The van der Waals surface area contributed by atoms with Crippen molar-refractivity contribution >= 4 is 29.3 Å². The van der Waals surface area contributed by atoms with E-state index in [1.54, 1.807) is 18.2 Å². The lowest BCUT2D eigenvalue weighted by Crippen LogP contribution is -2.24. The number of amides is 1. The molecule has 7 nitrogen and oxygen atoms in total. The molecule has 23 heavy (non-hydrogen) atoms. The van der Waals surface area contributed by atoms with Gasteiger partial charge in [0.05, 0.1) is 25.5 Å². The normalized spacial score (nSPS) is 13.7. The van der Waals surface area contributed by atoms with Gasteiger partial charge in [-0.3, -0.25) is 9.69 Å². The van der Waals surface area contributed by atoms with Gasteiger partial charge in [-0.25, -0.2) is 9.59 Å². The van der Waals surface area contributed by atoms with E-state index in [0.717, 1.165) is 25.3 Å². The Hall–Kier alpha value is -3.09. The number of anilines is 1. The predicted molar refractivity (Wildman–Crippen MR) is 81.3 cm³/mol. The number of fused-ring (bicyclic) bond motifs is 1. The molecule has 0 radical (unpaired) electrons. The van der Waals surface area contributed by atoms with E-state index < -0.39 is 23.6 Å². The minimum absolute atomic E-state index is 0.221. The van der Waals surface area contributed by atoms with Gasteiger partial charge in [0.2, 0.25) is 5.91 Å². The minimum Gasteiger partial charge on any atom is -0.506 e. The average molecular weight is 317 g/mol. The smallest absolute Gasteiger partial charge is 0.342 e. The molecule has 0 saturated carbocycles. The molecule has 1 amide bonds. The molecule has 0 saturated heterocycles. The number of methoxy groups -OCH3 is 2. The summed E-state index contributed by atoms with van der Waals surface area (Å²) in [6.45, 7) is 1.29. The summed E-state index contributed by atoms with van der Waals surface area (Å²) in [4.78, 5) is 37.2. The fraction of sp³-hybridized carbons (Fsp3) is 0.188. The second-order valence-corrected chi connectivity index (χ2v) is 4.66. The van der Waals surface area contributed by atoms with Gasteiger partial charge in [0.1, 0.15) is 11.3 Å². The number of hydrogen-bond acceptors (Lipinski definition) is 6. The SMILES string of the molecule is COC(=O)C1=CN(C(C)=O)c2ccccc2C(O)=C1C(=O)OC. The number of para-hydroxylation sites is 1. The molecule has 0 fully saturated rings. The fourth-order valence-electron chi connectivity index (χ4n) is 2.24. The van der Waals surface area contributed by atoms with Crippen LogP contribution in [-0.4, -0.2) is 37.2 Å². The van der Waals surface area contributed by atoms with Gasteiger partial charge in [-0.05, 0) is 12.1 Å². The monoisotopic (exact) mass is 317 g/mol. The maximum absolute atomic E-state index is 12.1. The topological polar surface area (TPSA) is 93.1 Å². The lowest BCUT2D eigenvalue weighted by atomic mass is 10.0. The summed E-state index contributed by atoms with van der Waals surface area (Å²) < 4.78 is 9.29. The third-order valence-electron chi connectivity index (χ3n) is 3.32. The number of ether oxygens (including phenoxy) is 2. The zero-order valence-corrected chi connectivity index (χ0v) is 12.8. The van der Waals surface area contributed by atoms with Crippen molar-refractivity contribution in [2.75, 3.05) is 19.1 Å². The average Bonchev–Trinajstić information content (AvgIpc) is 2.68. The number of carbonyl (C=O) groups is 3. The molecular weight excluding hydrogens is 302 g/mol. The maximum atomic E-state index is 12.1. The summed E-state index contributed by atoms with van der Waals surface area (Å²) in [6, 6.07) is 6.40. The van der Waals surface area contributed by atoms with E-state index in [1.807, 2.05) is 0 Å². The quantitative estimate of drug-likeness (QED) is 0.832. The largest absolute Gasteiger partial charge is 0.506 e. The first-order chi connectivity index (χ1) is 10.9. The fourth-order valence-corrected chi connectivity index (χ4v) is 2.24. The highest BCUT2D eigenvalue weighted by molar-refractivity contribution is 6.14. The van der Waals surface area contributed by atoms with Crippen molar-refractivity contribution < 1.29 is 29.0 Å². The molecule has 0 bridgehead atoms. The van der Waals surface area contributed by atoms with Crippen LogP contribution < -0.4 is 4.90 Å². The van der Waals surface area contributed by atoms with Crippen LogP contribution in [0.3, 0.4) is 0 Å². The van der Waals surface area contributed by atoms with E-state index in [0.29, 0.717) is 5.69 Å². The molecule has 0 aromatic heterocycles. The van der Waals surface area contributed by atoms with E-state index in [-0.39, 0.29) is 16.7 Å². The molecule has 120 valence electrons. The summed E-state index contributed by atoms with van der Waals surface area (Å²) in [5.74, 6) is -2.67. The number of benzene rings is 1. The Kier molecular flexibility index (Phi) is 4.49. The molecule has 1 aliphatic heterocycles. The van der Waals surface area contributed by atoms with Crippen LogP contribution in [0.15, 0.2) is 41.6 Å². The molecule has 1 aromatic carbocycles. The first kappa shape index (κ1) is 16.3. The van der Waals surface area contributed by atoms with Crippen molar-refractivity contribution in [2.45, 2.75) is 6.92 Å². The standard InChI is InChI=1S/C16H15NO6/c1-9(18)17-8-11(15(20)22-2)13(16(21)23-3)14(19)10-6-4-5-7-12(10)17/h4-8,19H,1-3H3. The molecule has 0 unspecified atom stereocenters. The van der Waals surface area contributed by atoms with Crippen LogP contribution in [0.2, 0.25) is 0 Å². The molecule has 1 N–H and O–H groups in total. The van der Waals surface area contributed by atoms with E-state index in [4.69, 9.17) is 0 Å². The summed E-state index contributed by atoms with van der Waals surface area (Å²) in [5.41, 5.74) is -0.0881. The summed E-state index contributed by atoms with van der Waals surface area (Å²) in [6.07, 6.45) is 1.16. The van der Waals surface area contributed by atoms with E-state index in [9.17, 15) is 19.5 Å². The second-order valence-electron chi connectivity index (χ2n) is 4.66. The van der Waals surface area contributed by atoms with Gasteiger partial charge in [0.25, 0.3) is 0 Å². The number of carbonyl (C=O) groups excluding carboxylic acids is 3. The number of aliphatic hydroxyl groups is 1. The number of rotatable bonds is 2. The molecule has 1 aromatic rings. The second kappa shape index (κ2) is 6.35. The molecule has 7 heteroatoms. The summed E-state index contributed by atoms with van der Waals surface area (Å²) in [7, 11) is 2.25. The van der Waals surface area contributed by atoms with Gasteiger partial charge in [-0.2, -0.15) is 0 Å². The lowest BCUT2D eigenvalue weighted by molar-refractivity contribution is -0.139. The van der Waals surface area contributed by atoms with Crippen molar-refractivity contribution in [1.29, 1.82) is 0 Å². The van der Waals surface area contributed by atoms with Crippen LogP contribution in [0.25, 0.3) is 5.76 Å². The van der Waals surface area contributed by atoms with Crippen LogP contribution in [0.4, 0.5) is 5.69 Å². The Morgan fingerprint density at radius 1 is 1.04 bits per heavy atom. The van der Waals surface area contributed by atoms with Crippen LogP contribution in [0.1, 0.15) is 12.5 Å². The Morgan fingerprint density at radius 2 is 1.65 bits per heavy atom. The van der Waals surface area contributed by atoms with Crippen LogP contribution in [-0.2, 0) is 23.9 Å². The third-order valence-corrected chi connectivity index (χ3v) is 3.32. The van der Waals surface area contributed by atoms with Crippen LogP contribution >= 0.6 is 0 Å². The Bertz CT molecular complexity index is 747. The zero-order valence-electron chi connectivity index (χ0n) is 12.8. The molecule has 1 heterocycles. The molecule has 1 aliphatic rings. The van der Waals surface area contributed by atoms with Gasteiger partial charge in [-0.15, -0.1) is 0 Å². The summed E-state index contributed by atoms with van der Waals surface area (Å²) >= 11 is 0. The van der Waals surface area contributed by atoms with Gasteiger partial charge in [-0.1, -0.05) is 12.1 Å². The van der Waals surface area contributed by atoms with Crippen LogP contribution in [0.5, 0.6) is 0 Å². The number of nitrogens with zero attached hydrogens (tertiary/aromatic N) is 1. The van der Waals surface area contributed by atoms with Crippen molar-refractivity contribution in [3.63, 3.8) is 0 Å². The van der Waals surface area contributed by atoms with E-state index in [2.05, 4.69) is 9.47 Å². The predicted octanol–water partition coefficient (Wildman–Crippen LogP) is 1.55. The third kappa shape index (κ3) is 2.80. The van der Waals surface area contributed by atoms with Gasteiger partial charge in [0, 0.05) is 18.7 Å². The highest BCUT2D eigenvalue weighted by atomic mass is 16.5. The first-order valence-corrected chi connectivity index (χ1v) is 6.63. The summed E-state index contributed by atoms with van der Waals surface area (Å²) in [5, 5.41) is 10.5. The first-order valence-electron chi connectivity index (χ1n) is 6.63. The number of hydrogen-bond donors (Lipinski definition) is 1. The van der Waals surface area contributed by atoms with Crippen molar-refractivity contribution in [3.8, 4) is 0 Å². The van der Waals surface area contributed by atoms with Crippen molar-refractivity contribution in [2.24, 2.45) is 0 Å². The van der Waals surface area contributed by atoms with E-state index >= 15 is 0 Å². The Balaban J connectivity index is 2.84. The van der Waals surface area contributed by atoms with Crippen molar-refractivity contribution in [3.05, 3.63) is 47.2 Å². The maximum Gasteiger partial charge on any atom is 0.342 e. The highest BCUT2D eigenvalue weighted by Crippen LogP contribution is 2.35. The molecule has 2 rings (SSSR count). The molecular formula is C16H15NO6. The lowest BCUT2D eigenvalue weighted by Gasteiger charge is -2.18. The molecule has 0 aliphatic carbocycles. The molecule has 0 atom stereocenters. The van der Waals surface area contributed by atoms with Gasteiger partial charge >= 0.3 is 11.9 Å². The Labute approximate surface area is 132 Å². The molecule has 0 spiro atoms. The minimum atomic E-state index is -0.917. The van der Waals surface area contributed by atoms with Crippen molar-refractivity contribution in [1.82, 2.24) is 0 Å². The Morgan fingerprint density at radius 3 is 2.22 bits per heavy atom. The van der Waals surface area contributed by atoms with Gasteiger partial charge in [0.15, 0.2) is 0 Å². The van der Waals surface area contributed by atoms with Gasteiger partial charge < -0.3 is 14.6 Å². The van der Waals surface area contributed by atoms with Crippen LogP contribution in [0, 0.1) is 0 Å². The number of aliphatic hydroxyl groups excluding tert-OH is 1. The van der Waals surface area contributed by atoms with E-state index in [1.165, 1.54) is 13.0 Å². The highest BCUT2D eigenvalue weighted by Gasteiger charge is 2.33. The number of esters is 2. The zero-order chi connectivity index (χ0) is 17.1.